The zero-order valence-corrected chi connectivity index (χ0v) is 16.7. The van der Waals surface area contributed by atoms with Crippen LogP contribution >= 0.6 is 0 Å². The number of benzene rings is 2. The third kappa shape index (κ3) is 5.43. The summed E-state index contributed by atoms with van der Waals surface area (Å²) in [7, 11) is 3.28. The van der Waals surface area contributed by atoms with E-state index in [1.807, 2.05) is 54.6 Å². The quantitative estimate of drug-likeness (QED) is 0.517. The standard InChI is InChI=1S/C22H26N4O3/c1-28-15-14-23-12-13-24-22(27)20-16-26(18-6-4-3-5-7-18)25-21(20)17-8-10-19(29-2)11-9-17/h3-11,16,23H,12-15H2,1-2H3,(H,24,27). The van der Waals surface area contributed by atoms with Crippen molar-refractivity contribution >= 4 is 5.91 Å². The number of para-hydroxylation sites is 1. The minimum absolute atomic E-state index is 0.161. The molecule has 0 spiro atoms. The monoisotopic (exact) mass is 394 g/mol. The second-order valence-electron chi connectivity index (χ2n) is 6.40. The summed E-state index contributed by atoms with van der Waals surface area (Å²) in [5.41, 5.74) is 2.89. The molecule has 152 valence electrons. The Balaban J connectivity index is 1.81. The van der Waals surface area contributed by atoms with Gasteiger partial charge in [0.25, 0.3) is 5.91 Å². The van der Waals surface area contributed by atoms with E-state index < -0.39 is 0 Å². The molecule has 0 aliphatic heterocycles. The van der Waals surface area contributed by atoms with Gasteiger partial charge in [0.05, 0.1) is 25.0 Å². The van der Waals surface area contributed by atoms with Gasteiger partial charge in [0, 0.05) is 38.5 Å². The Labute approximate surface area is 170 Å². The Bertz CT molecular complexity index is 908. The number of ether oxygens (including phenoxy) is 2. The van der Waals surface area contributed by atoms with Crippen molar-refractivity contribution in [2.75, 3.05) is 40.5 Å². The molecule has 0 saturated carbocycles. The molecule has 0 aliphatic carbocycles. The van der Waals surface area contributed by atoms with Crippen LogP contribution in [0.1, 0.15) is 10.4 Å². The molecule has 2 aromatic carbocycles. The predicted molar refractivity (Wildman–Crippen MR) is 113 cm³/mol. The lowest BCUT2D eigenvalue weighted by Gasteiger charge is -2.07. The number of hydrogen-bond acceptors (Lipinski definition) is 5. The number of hydrogen-bond donors (Lipinski definition) is 2. The molecule has 1 heterocycles. The molecular formula is C22H26N4O3. The van der Waals surface area contributed by atoms with Crippen molar-refractivity contribution in [3.8, 4) is 22.7 Å². The minimum Gasteiger partial charge on any atom is -0.497 e. The Kier molecular flexibility index (Phi) is 7.38. The summed E-state index contributed by atoms with van der Waals surface area (Å²) in [6, 6.07) is 17.3. The van der Waals surface area contributed by atoms with Gasteiger partial charge in [-0.1, -0.05) is 18.2 Å². The van der Waals surface area contributed by atoms with Gasteiger partial charge < -0.3 is 20.1 Å². The number of aromatic nitrogens is 2. The van der Waals surface area contributed by atoms with E-state index in [0.29, 0.717) is 31.0 Å². The van der Waals surface area contributed by atoms with Crippen LogP contribution in [0.3, 0.4) is 0 Å². The Morgan fingerprint density at radius 1 is 1.00 bits per heavy atom. The number of carbonyl (C=O) groups is 1. The topological polar surface area (TPSA) is 77.4 Å². The maximum atomic E-state index is 12.9. The summed E-state index contributed by atoms with van der Waals surface area (Å²) >= 11 is 0. The summed E-state index contributed by atoms with van der Waals surface area (Å²) in [5, 5.41) is 10.8. The average molecular weight is 394 g/mol. The molecule has 0 saturated heterocycles. The molecule has 0 bridgehead atoms. The van der Waals surface area contributed by atoms with Gasteiger partial charge in [0.2, 0.25) is 0 Å². The lowest BCUT2D eigenvalue weighted by Crippen LogP contribution is -2.33. The van der Waals surface area contributed by atoms with Crippen molar-refractivity contribution in [2.45, 2.75) is 0 Å². The summed E-state index contributed by atoms with van der Waals surface area (Å²) in [6.45, 7) is 2.57. The zero-order valence-electron chi connectivity index (χ0n) is 16.7. The first-order valence-electron chi connectivity index (χ1n) is 9.50. The van der Waals surface area contributed by atoms with Crippen LogP contribution in [0.5, 0.6) is 5.75 Å². The number of nitrogens with zero attached hydrogens (tertiary/aromatic N) is 2. The van der Waals surface area contributed by atoms with Gasteiger partial charge in [-0.2, -0.15) is 5.10 Å². The van der Waals surface area contributed by atoms with Crippen molar-refractivity contribution in [3.63, 3.8) is 0 Å². The fourth-order valence-corrected chi connectivity index (χ4v) is 2.87. The molecule has 2 N–H and O–H groups in total. The molecule has 3 rings (SSSR count). The summed E-state index contributed by atoms with van der Waals surface area (Å²) in [4.78, 5) is 12.9. The molecule has 7 nitrogen and oxygen atoms in total. The summed E-state index contributed by atoms with van der Waals surface area (Å²) in [6.07, 6.45) is 1.77. The van der Waals surface area contributed by atoms with Gasteiger partial charge >= 0.3 is 0 Å². The number of nitrogens with one attached hydrogen (secondary N) is 2. The third-order valence-corrected chi connectivity index (χ3v) is 4.41. The van der Waals surface area contributed by atoms with E-state index in [-0.39, 0.29) is 5.91 Å². The second-order valence-corrected chi connectivity index (χ2v) is 6.40. The molecule has 0 fully saturated rings. The molecule has 0 unspecified atom stereocenters. The molecular weight excluding hydrogens is 368 g/mol. The van der Waals surface area contributed by atoms with E-state index in [2.05, 4.69) is 15.7 Å². The summed E-state index contributed by atoms with van der Waals surface area (Å²) < 4.78 is 12.0. The lowest BCUT2D eigenvalue weighted by atomic mass is 10.1. The number of amides is 1. The van der Waals surface area contributed by atoms with Crippen LogP contribution in [-0.2, 0) is 4.74 Å². The van der Waals surface area contributed by atoms with Gasteiger partial charge in [0.1, 0.15) is 11.4 Å². The molecule has 1 amide bonds. The molecule has 0 atom stereocenters. The molecule has 0 radical (unpaired) electrons. The first-order valence-corrected chi connectivity index (χ1v) is 9.50. The van der Waals surface area contributed by atoms with Crippen LogP contribution in [0.25, 0.3) is 16.9 Å². The molecule has 1 aromatic heterocycles. The maximum Gasteiger partial charge on any atom is 0.255 e. The molecule has 3 aromatic rings. The second kappa shape index (κ2) is 10.4. The van der Waals surface area contributed by atoms with Gasteiger partial charge in [0.15, 0.2) is 0 Å². The smallest absolute Gasteiger partial charge is 0.255 e. The fraction of sp³-hybridized carbons (Fsp3) is 0.273. The normalized spacial score (nSPS) is 10.7. The van der Waals surface area contributed by atoms with E-state index in [1.165, 1.54) is 0 Å². The Hall–Kier alpha value is -3.16. The third-order valence-electron chi connectivity index (χ3n) is 4.41. The van der Waals surface area contributed by atoms with E-state index in [0.717, 1.165) is 23.5 Å². The molecule has 29 heavy (non-hydrogen) atoms. The van der Waals surface area contributed by atoms with E-state index >= 15 is 0 Å². The number of carbonyl (C=O) groups excluding carboxylic acids is 1. The van der Waals surface area contributed by atoms with Crippen molar-refractivity contribution in [1.82, 2.24) is 20.4 Å². The molecule has 0 aliphatic rings. The first kappa shape index (κ1) is 20.6. The van der Waals surface area contributed by atoms with Crippen LogP contribution < -0.4 is 15.4 Å². The lowest BCUT2D eigenvalue weighted by molar-refractivity contribution is 0.0954. The molecule has 7 heteroatoms. The van der Waals surface area contributed by atoms with Crippen molar-refractivity contribution in [2.24, 2.45) is 0 Å². The highest BCUT2D eigenvalue weighted by atomic mass is 16.5. The van der Waals surface area contributed by atoms with E-state index in [9.17, 15) is 4.79 Å². The average Bonchev–Trinajstić information content (AvgIpc) is 3.22. The fourth-order valence-electron chi connectivity index (χ4n) is 2.87. The van der Waals surface area contributed by atoms with Crippen LogP contribution in [0.2, 0.25) is 0 Å². The van der Waals surface area contributed by atoms with Crippen LogP contribution in [-0.4, -0.2) is 56.1 Å². The highest BCUT2D eigenvalue weighted by molar-refractivity contribution is 6.00. The van der Waals surface area contributed by atoms with Crippen LogP contribution in [0.4, 0.5) is 0 Å². The van der Waals surface area contributed by atoms with Crippen molar-refractivity contribution < 1.29 is 14.3 Å². The van der Waals surface area contributed by atoms with Gasteiger partial charge in [-0.25, -0.2) is 4.68 Å². The highest BCUT2D eigenvalue weighted by Gasteiger charge is 2.18. The van der Waals surface area contributed by atoms with Gasteiger partial charge in [-0.15, -0.1) is 0 Å². The Morgan fingerprint density at radius 3 is 2.45 bits per heavy atom. The number of rotatable bonds is 10. The summed E-state index contributed by atoms with van der Waals surface area (Å²) in [5.74, 6) is 0.593. The first-order chi connectivity index (χ1) is 14.2. The SMILES string of the molecule is COCCNCCNC(=O)c1cn(-c2ccccc2)nc1-c1ccc(OC)cc1. The number of methoxy groups -OCH3 is 2. The van der Waals surface area contributed by atoms with E-state index in [1.54, 1.807) is 25.1 Å². The van der Waals surface area contributed by atoms with Gasteiger partial charge in [-0.3, -0.25) is 4.79 Å². The predicted octanol–water partition coefficient (Wildman–Crippen LogP) is 2.51. The van der Waals surface area contributed by atoms with Crippen LogP contribution in [0, 0.1) is 0 Å². The maximum absolute atomic E-state index is 12.9. The van der Waals surface area contributed by atoms with E-state index in [4.69, 9.17) is 9.47 Å². The van der Waals surface area contributed by atoms with Crippen LogP contribution in [0.15, 0.2) is 60.8 Å². The Morgan fingerprint density at radius 2 is 1.76 bits per heavy atom. The minimum atomic E-state index is -0.161. The highest BCUT2D eigenvalue weighted by Crippen LogP contribution is 2.25. The largest absolute Gasteiger partial charge is 0.497 e. The van der Waals surface area contributed by atoms with Crippen molar-refractivity contribution in [3.05, 3.63) is 66.4 Å². The van der Waals surface area contributed by atoms with Crippen molar-refractivity contribution in [1.29, 1.82) is 0 Å². The zero-order chi connectivity index (χ0) is 20.5. The van der Waals surface area contributed by atoms with Gasteiger partial charge in [-0.05, 0) is 36.4 Å².